The van der Waals surface area contributed by atoms with Crippen LogP contribution in [-0.2, 0) is 20.9 Å². The summed E-state index contributed by atoms with van der Waals surface area (Å²) in [5.41, 5.74) is 0. The zero-order chi connectivity index (χ0) is 12.1. The fourth-order valence-corrected chi connectivity index (χ4v) is 1.65. The Morgan fingerprint density at radius 1 is 1.53 bits per heavy atom. The maximum Gasteiger partial charge on any atom is 0.329 e. The highest BCUT2D eigenvalue weighted by Crippen LogP contribution is 2.24. The van der Waals surface area contributed by atoms with Crippen LogP contribution in [0, 0.1) is 0 Å². The highest BCUT2D eigenvalue weighted by atomic mass is 16.5. The average molecular weight is 242 g/mol. The first-order valence-corrected chi connectivity index (χ1v) is 5.45. The standard InChI is InChI=1S/C10H14N2O5/c13-9(14)6-16-5-8-11-12-10(17-8)7-2-1-3-15-4-7/h7H,1-6H2,(H,13,14). The van der Waals surface area contributed by atoms with E-state index in [2.05, 4.69) is 10.2 Å². The predicted molar refractivity (Wildman–Crippen MR) is 54.4 cm³/mol. The van der Waals surface area contributed by atoms with E-state index < -0.39 is 5.97 Å². The zero-order valence-corrected chi connectivity index (χ0v) is 9.29. The second kappa shape index (κ2) is 5.74. The summed E-state index contributed by atoms with van der Waals surface area (Å²) in [5, 5.41) is 16.1. The largest absolute Gasteiger partial charge is 0.480 e. The molecular formula is C10H14N2O5. The van der Waals surface area contributed by atoms with E-state index in [-0.39, 0.29) is 19.1 Å². The summed E-state index contributed by atoms with van der Waals surface area (Å²) < 4.78 is 15.6. The van der Waals surface area contributed by atoms with Gasteiger partial charge in [0.15, 0.2) is 0 Å². The third-order valence-electron chi connectivity index (χ3n) is 2.44. The summed E-state index contributed by atoms with van der Waals surface area (Å²) in [7, 11) is 0. The minimum Gasteiger partial charge on any atom is -0.480 e. The SMILES string of the molecule is O=C(O)COCc1nnc(C2CCCOC2)o1. The van der Waals surface area contributed by atoms with Gasteiger partial charge in [-0.05, 0) is 12.8 Å². The molecular weight excluding hydrogens is 228 g/mol. The summed E-state index contributed by atoms with van der Waals surface area (Å²) in [6.45, 7) is 1.02. The van der Waals surface area contributed by atoms with Crippen LogP contribution >= 0.6 is 0 Å². The molecule has 17 heavy (non-hydrogen) atoms. The Hall–Kier alpha value is -1.47. The smallest absolute Gasteiger partial charge is 0.329 e. The number of nitrogens with zero attached hydrogens (tertiary/aromatic N) is 2. The Bertz CT molecular complexity index is 373. The third-order valence-corrected chi connectivity index (χ3v) is 2.44. The predicted octanol–water partition coefficient (Wildman–Crippen LogP) is 0.565. The number of aliphatic carboxylic acids is 1. The normalized spacial score (nSPS) is 20.4. The van der Waals surface area contributed by atoms with Crippen LogP contribution in [0.2, 0.25) is 0 Å². The Balaban J connectivity index is 1.84. The zero-order valence-electron chi connectivity index (χ0n) is 9.29. The lowest BCUT2D eigenvalue weighted by atomic mass is 10.0. The van der Waals surface area contributed by atoms with Crippen LogP contribution in [0.5, 0.6) is 0 Å². The van der Waals surface area contributed by atoms with Crippen molar-refractivity contribution in [3.63, 3.8) is 0 Å². The van der Waals surface area contributed by atoms with Crippen LogP contribution < -0.4 is 0 Å². The van der Waals surface area contributed by atoms with Crippen LogP contribution in [0.15, 0.2) is 4.42 Å². The third kappa shape index (κ3) is 3.50. The molecule has 1 fully saturated rings. The van der Waals surface area contributed by atoms with Crippen LogP contribution in [0.1, 0.15) is 30.5 Å². The molecule has 0 spiro atoms. The maximum atomic E-state index is 10.2. The van der Waals surface area contributed by atoms with Gasteiger partial charge in [-0.2, -0.15) is 0 Å². The number of hydrogen-bond donors (Lipinski definition) is 1. The second-order valence-electron chi connectivity index (χ2n) is 3.83. The molecule has 1 N–H and O–H groups in total. The van der Waals surface area contributed by atoms with Crippen LogP contribution in [-0.4, -0.2) is 41.1 Å². The van der Waals surface area contributed by atoms with E-state index in [0.29, 0.717) is 18.4 Å². The van der Waals surface area contributed by atoms with E-state index in [4.69, 9.17) is 19.0 Å². The number of carboxylic acid groups (broad SMARTS) is 1. The van der Waals surface area contributed by atoms with Gasteiger partial charge < -0.3 is 19.0 Å². The van der Waals surface area contributed by atoms with Gasteiger partial charge in [-0.1, -0.05) is 0 Å². The molecule has 2 rings (SSSR count). The monoisotopic (exact) mass is 242 g/mol. The van der Waals surface area contributed by atoms with E-state index >= 15 is 0 Å². The minimum atomic E-state index is -1.02. The van der Waals surface area contributed by atoms with Crippen molar-refractivity contribution in [2.45, 2.75) is 25.4 Å². The molecule has 0 bridgehead atoms. The van der Waals surface area contributed by atoms with Crippen molar-refractivity contribution in [2.75, 3.05) is 19.8 Å². The number of rotatable bonds is 5. The van der Waals surface area contributed by atoms with Crippen molar-refractivity contribution in [1.29, 1.82) is 0 Å². The maximum absolute atomic E-state index is 10.2. The summed E-state index contributed by atoms with van der Waals surface area (Å²) in [6.07, 6.45) is 1.95. The van der Waals surface area contributed by atoms with Gasteiger partial charge in [-0.3, -0.25) is 0 Å². The molecule has 1 unspecified atom stereocenters. The molecule has 0 aliphatic carbocycles. The first kappa shape index (κ1) is 12.0. The molecule has 0 aromatic carbocycles. The Labute approximate surface area is 97.7 Å². The minimum absolute atomic E-state index is 0.0207. The molecule has 1 aliphatic rings. The van der Waals surface area contributed by atoms with Crippen LogP contribution in [0.4, 0.5) is 0 Å². The van der Waals surface area contributed by atoms with Crippen LogP contribution in [0.3, 0.4) is 0 Å². The number of hydrogen-bond acceptors (Lipinski definition) is 6. The quantitative estimate of drug-likeness (QED) is 0.806. The lowest BCUT2D eigenvalue weighted by molar-refractivity contribution is -0.142. The highest BCUT2D eigenvalue weighted by molar-refractivity contribution is 5.67. The molecule has 1 aromatic rings. The van der Waals surface area contributed by atoms with Gasteiger partial charge in [0.25, 0.3) is 0 Å². The summed E-state index contributed by atoms with van der Waals surface area (Å²) in [6, 6.07) is 0. The van der Waals surface area contributed by atoms with Crippen molar-refractivity contribution in [3.8, 4) is 0 Å². The van der Waals surface area contributed by atoms with E-state index in [1.807, 2.05) is 0 Å². The van der Waals surface area contributed by atoms with Gasteiger partial charge >= 0.3 is 5.97 Å². The first-order valence-electron chi connectivity index (χ1n) is 5.45. The summed E-state index contributed by atoms with van der Waals surface area (Å²) in [5.74, 6) is -0.0414. The average Bonchev–Trinajstić information content (AvgIpc) is 2.78. The Kier molecular flexibility index (Phi) is 4.05. The van der Waals surface area contributed by atoms with Gasteiger partial charge in [0.1, 0.15) is 13.2 Å². The number of ether oxygens (including phenoxy) is 2. The molecule has 0 radical (unpaired) electrons. The van der Waals surface area contributed by atoms with Crippen molar-refractivity contribution < 1.29 is 23.8 Å². The van der Waals surface area contributed by atoms with Gasteiger partial charge in [-0.25, -0.2) is 4.79 Å². The molecule has 1 aromatic heterocycles. The summed E-state index contributed by atoms with van der Waals surface area (Å²) in [4.78, 5) is 10.2. The van der Waals surface area contributed by atoms with Crippen LogP contribution in [0.25, 0.3) is 0 Å². The van der Waals surface area contributed by atoms with Crippen molar-refractivity contribution in [3.05, 3.63) is 11.8 Å². The van der Waals surface area contributed by atoms with E-state index in [1.165, 1.54) is 0 Å². The van der Waals surface area contributed by atoms with Gasteiger partial charge in [0, 0.05) is 6.61 Å². The van der Waals surface area contributed by atoms with Crippen molar-refractivity contribution in [1.82, 2.24) is 10.2 Å². The summed E-state index contributed by atoms with van der Waals surface area (Å²) >= 11 is 0. The van der Waals surface area contributed by atoms with Gasteiger partial charge in [0.2, 0.25) is 11.8 Å². The van der Waals surface area contributed by atoms with Gasteiger partial charge in [0.05, 0.1) is 12.5 Å². The molecule has 94 valence electrons. The molecule has 0 saturated carbocycles. The fourth-order valence-electron chi connectivity index (χ4n) is 1.65. The number of carbonyl (C=O) groups is 1. The molecule has 1 atom stereocenters. The fraction of sp³-hybridized carbons (Fsp3) is 0.700. The molecule has 2 heterocycles. The molecule has 1 aliphatic heterocycles. The van der Waals surface area contributed by atoms with E-state index in [9.17, 15) is 4.79 Å². The number of aromatic nitrogens is 2. The van der Waals surface area contributed by atoms with E-state index in [0.717, 1.165) is 19.4 Å². The lowest BCUT2D eigenvalue weighted by Crippen LogP contribution is -2.15. The Morgan fingerprint density at radius 3 is 3.12 bits per heavy atom. The highest BCUT2D eigenvalue weighted by Gasteiger charge is 2.21. The second-order valence-corrected chi connectivity index (χ2v) is 3.83. The molecule has 7 heteroatoms. The van der Waals surface area contributed by atoms with Crippen molar-refractivity contribution >= 4 is 5.97 Å². The first-order chi connectivity index (χ1) is 8.25. The molecule has 1 saturated heterocycles. The topological polar surface area (TPSA) is 94.7 Å². The number of carboxylic acids is 1. The van der Waals surface area contributed by atoms with E-state index in [1.54, 1.807) is 0 Å². The molecule has 0 amide bonds. The lowest BCUT2D eigenvalue weighted by Gasteiger charge is -2.18. The molecule has 7 nitrogen and oxygen atoms in total. The van der Waals surface area contributed by atoms with Crippen molar-refractivity contribution in [2.24, 2.45) is 0 Å². The van der Waals surface area contributed by atoms with Gasteiger partial charge in [-0.15, -0.1) is 10.2 Å². The Morgan fingerprint density at radius 2 is 2.41 bits per heavy atom.